The van der Waals surface area contributed by atoms with Crippen LogP contribution in [0.15, 0.2) is 23.2 Å². The fraction of sp³-hybridized carbons (Fsp3) is 0.111. The number of nitrogens with one attached hydrogen (secondary N) is 1. The van der Waals surface area contributed by atoms with Gasteiger partial charge in [0.15, 0.2) is 0 Å². The molecular weight excluding hydrogens is 168 g/mol. The van der Waals surface area contributed by atoms with E-state index in [0.717, 1.165) is 5.56 Å². The van der Waals surface area contributed by atoms with Crippen LogP contribution in [0.4, 0.5) is 5.69 Å². The lowest BCUT2D eigenvalue weighted by Crippen LogP contribution is -2.12. The number of hydrogen-bond acceptors (Lipinski definition) is 3. The minimum Gasteiger partial charge on any atom is -0.348 e. The van der Waals surface area contributed by atoms with E-state index in [-0.39, 0.29) is 5.91 Å². The molecule has 4 nitrogen and oxygen atoms in total. The molecule has 0 fully saturated rings. The average molecular weight is 174 g/mol. The zero-order valence-corrected chi connectivity index (χ0v) is 6.70. The maximum atomic E-state index is 11.2. The standard InChI is InChI=1S/C9H6N2O2/c12-5-11-8-3-1-2-6-7(8)4-10-9(6)13/h1-3H,4H2,(H,10,13). The van der Waals surface area contributed by atoms with Gasteiger partial charge in [-0.25, -0.2) is 4.79 Å². The monoisotopic (exact) mass is 174 g/mol. The summed E-state index contributed by atoms with van der Waals surface area (Å²) >= 11 is 0. The fourth-order valence-electron chi connectivity index (χ4n) is 1.39. The molecule has 0 aromatic heterocycles. The van der Waals surface area contributed by atoms with Crippen LogP contribution in [0, 0.1) is 0 Å². The second kappa shape index (κ2) is 2.84. The highest BCUT2D eigenvalue weighted by Crippen LogP contribution is 2.25. The Bertz CT molecular complexity index is 420. The normalized spacial score (nSPS) is 13.1. The third-order valence-electron chi connectivity index (χ3n) is 1.99. The van der Waals surface area contributed by atoms with Crippen molar-refractivity contribution in [1.29, 1.82) is 0 Å². The van der Waals surface area contributed by atoms with E-state index in [0.29, 0.717) is 17.8 Å². The van der Waals surface area contributed by atoms with E-state index in [4.69, 9.17) is 0 Å². The number of isocyanates is 1. The van der Waals surface area contributed by atoms with Crippen molar-refractivity contribution in [3.8, 4) is 0 Å². The lowest BCUT2D eigenvalue weighted by atomic mass is 10.1. The minimum atomic E-state index is -0.113. The fourth-order valence-corrected chi connectivity index (χ4v) is 1.39. The van der Waals surface area contributed by atoms with Gasteiger partial charge in [0, 0.05) is 17.7 Å². The summed E-state index contributed by atoms with van der Waals surface area (Å²) in [6.07, 6.45) is 1.46. The van der Waals surface area contributed by atoms with Crippen LogP contribution in [-0.4, -0.2) is 12.0 Å². The molecule has 1 amide bonds. The number of aliphatic imine (C=N–C) groups is 1. The van der Waals surface area contributed by atoms with Gasteiger partial charge in [-0.05, 0) is 12.1 Å². The van der Waals surface area contributed by atoms with Crippen molar-refractivity contribution in [2.75, 3.05) is 0 Å². The Labute approximate surface area is 74.3 Å². The molecule has 1 heterocycles. The van der Waals surface area contributed by atoms with Crippen molar-refractivity contribution in [2.45, 2.75) is 6.54 Å². The van der Waals surface area contributed by atoms with Gasteiger partial charge in [0.1, 0.15) is 0 Å². The topological polar surface area (TPSA) is 58.5 Å². The summed E-state index contributed by atoms with van der Waals surface area (Å²) in [5, 5.41) is 2.66. The van der Waals surface area contributed by atoms with Crippen molar-refractivity contribution in [3.63, 3.8) is 0 Å². The molecule has 0 saturated carbocycles. The van der Waals surface area contributed by atoms with Crippen molar-refractivity contribution in [1.82, 2.24) is 5.32 Å². The van der Waals surface area contributed by atoms with Crippen LogP contribution >= 0.6 is 0 Å². The maximum Gasteiger partial charge on any atom is 0.251 e. The van der Waals surface area contributed by atoms with Crippen LogP contribution in [0.3, 0.4) is 0 Å². The van der Waals surface area contributed by atoms with E-state index < -0.39 is 0 Å². The van der Waals surface area contributed by atoms with Crippen LogP contribution in [0.5, 0.6) is 0 Å². The molecular formula is C9H6N2O2. The zero-order valence-electron chi connectivity index (χ0n) is 6.70. The summed E-state index contributed by atoms with van der Waals surface area (Å²) in [7, 11) is 0. The number of amides is 1. The van der Waals surface area contributed by atoms with Crippen LogP contribution in [0.1, 0.15) is 15.9 Å². The summed E-state index contributed by atoms with van der Waals surface area (Å²) in [6.45, 7) is 0.440. The molecule has 2 rings (SSSR count). The van der Waals surface area contributed by atoms with Gasteiger partial charge in [0.05, 0.1) is 5.69 Å². The average Bonchev–Trinajstić information content (AvgIpc) is 2.50. The largest absolute Gasteiger partial charge is 0.348 e. The molecule has 0 unspecified atom stereocenters. The predicted octanol–water partition coefficient (Wildman–Crippen LogP) is 0.897. The van der Waals surface area contributed by atoms with Crippen LogP contribution in [0.2, 0.25) is 0 Å². The first-order valence-corrected chi connectivity index (χ1v) is 3.81. The Balaban J connectivity index is 2.63. The molecule has 1 aromatic carbocycles. The Kier molecular flexibility index (Phi) is 1.69. The van der Waals surface area contributed by atoms with E-state index in [1.165, 1.54) is 6.08 Å². The first kappa shape index (κ1) is 7.71. The van der Waals surface area contributed by atoms with Crippen LogP contribution in [0.25, 0.3) is 0 Å². The number of rotatable bonds is 1. The van der Waals surface area contributed by atoms with Gasteiger partial charge in [-0.1, -0.05) is 6.07 Å². The van der Waals surface area contributed by atoms with Gasteiger partial charge in [0.25, 0.3) is 5.91 Å². The molecule has 0 aliphatic carbocycles. The lowest BCUT2D eigenvalue weighted by molar-refractivity contribution is 0.0966. The molecule has 1 aromatic rings. The van der Waals surface area contributed by atoms with E-state index >= 15 is 0 Å². The Morgan fingerprint density at radius 2 is 2.31 bits per heavy atom. The van der Waals surface area contributed by atoms with E-state index in [1.54, 1.807) is 18.2 Å². The molecule has 0 atom stereocenters. The number of benzene rings is 1. The third kappa shape index (κ3) is 1.13. The molecule has 4 heteroatoms. The van der Waals surface area contributed by atoms with Gasteiger partial charge < -0.3 is 5.32 Å². The van der Waals surface area contributed by atoms with Crippen molar-refractivity contribution in [3.05, 3.63) is 29.3 Å². The first-order chi connectivity index (χ1) is 6.33. The number of fused-ring (bicyclic) bond motifs is 1. The zero-order chi connectivity index (χ0) is 9.26. The van der Waals surface area contributed by atoms with Crippen molar-refractivity contribution < 1.29 is 9.59 Å². The number of nitrogens with zero attached hydrogens (tertiary/aromatic N) is 1. The molecule has 0 saturated heterocycles. The molecule has 0 bridgehead atoms. The highest BCUT2D eigenvalue weighted by Gasteiger charge is 2.20. The molecule has 64 valence electrons. The molecule has 0 radical (unpaired) electrons. The third-order valence-corrected chi connectivity index (χ3v) is 1.99. The van der Waals surface area contributed by atoms with Gasteiger partial charge in [-0.3, -0.25) is 4.79 Å². The Morgan fingerprint density at radius 3 is 3.08 bits per heavy atom. The second-order valence-electron chi connectivity index (χ2n) is 2.69. The molecule has 13 heavy (non-hydrogen) atoms. The maximum absolute atomic E-state index is 11.2. The Morgan fingerprint density at radius 1 is 1.46 bits per heavy atom. The van der Waals surface area contributed by atoms with Gasteiger partial charge in [-0.15, -0.1) is 0 Å². The summed E-state index contributed by atoms with van der Waals surface area (Å²) in [5.41, 5.74) is 1.89. The highest BCUT2D eigenvalue weighted by atomic mass is 16.1. The van der Waals surface area contributed by atoms with Crippen LogP contribution in [-0.2, 0) is 11.3 Å². The van der Waals surface area contributed by atoms with Crippen molar-refractivity contribution in [2.24, 2.45) is 4.99 Å². The smallest absolute Gasteiger partial charge is 0.251 e. The summed E-state index contributed by atoms with van der Waals surface area (Å²) < 4.78 is 0. The second-order valence-corrected chi connectivity index (χ2v) is 2.69. The molecule has 1 N–H and O–H groups in total. The SMILES string of the molecule is O=C=Nc1cccc2c1CNC2=O. The van der Waals surface area contributed by atoms with E-state index in [1.807, 2.05) is 0 Å². The van der Waals surface area contributed by atoms with Crippen molar-refractivity contribution >= 4 is 17.7 Å². The first-order valence-electron chi connectivity index (χ1n) is 3.81. The van der Waals surface area contributed by atoms with Gasteiger partial charge in [0.2, 0.25) is 6.08 Å². The number of carbonyl (C=O) groups is 1. The van der Waals surface area contributed by atoms with Gasteiger partial charge in [-0.2, -0.15) is 4.99 Å². The molecule has 1 aliphatic heterocycles. The molecule has 0 spiro atoms. The van der Waals surface area contributed by atoms with E-state index in [2.05, 4.69) is 10.3 Å². The molecule has 1 aliphatic rings. The lowest BCUT2D eigenvalue weighted by Gasteiger charge is -1.97. The quantitative estimate of drug-likeness (QED) is 0.508. The summed E-state index contributed by atoms with van der Waals surface area (Å²) in [4.78, 5) is 24.7. The number of hydrogen-bond donors (Lipinski definition) is 1. The number of carbonyl (C=O) groups excluding carboxylic acids is 2. The minimum absolute atomic E-state index is 0.113. The van der Waals surface area contributed by atoms with Gasteiger partial charge >= 0.3 is 0 Å². The Hall–Kier alpha value is -1.93. The highest BCUT2D eigenvalue weighted by molar-refractivity contribution is 5.99. The van der Waals surface area contributed by atoms with Crippen LogP contribution < -0.4 is 5.32 Å². The predicted molar refractivity (Wildman–Crippen MR) is 45.4 cm³/mol. The van der Waals surface area contributed by atoms with E-state index in [9.17, 15) is 9.59 Å². The summed E-state index contributed by atoms with van der Waals surface area (Å²) in [5.74, 6) is -0.113. The summed E-state index contributed by atoms with van der Waals surface area (Å²) in [6, 6.07) is 5.09.